The summed E-state index contributed by atoms with van der Waals surface area (Å²) in [4.78, 5) is 58.8. The molecular weight excluding hydrogens is 522 g/mol. The van der Waals surface area contributed by atoms with Crippen molar-refractivity contribution in [3.8, 4) is 0 Å². The van der Waals surface area contributed by atoms with Crippen LogP contribution in [0.15, 0.2) is 0 Å². The van der Waals surface area contributed by atoms with Gasteiger partial charge in [-0.2, -0.15) is 4.67 Å². The van der Waals surface area contributed by atoms with Crippen molar-refractivity contribution in [1.82, 2.24) is 9.76 Å². The van der Waals surface area contributed by atoms with E-state index in [0.717, 1.165) is 4.67 Å². The van der Waals surface area contributed by atoms with Crippen LogP contribution in [0.25, 0.3) is 0 Å². The summed E-state index contributed by atoms with van der Waals surface area (Å²) in [6.07, 6.45) is -8.70. The minimum absolute atomic E-state index is 0.0807. The Morgan fingerprint density at radius 2 is 1.53 bits per heavy atom. The molecular formula is C18H29Cl2N2O11P. The van der Waals surface area contributed by atoms with Crippen LogP contribution in [0.5, 0.6) is 0 Å². The van der Waals surface area contributed by atoms with Crippen LogP contribution >= 0.6 is 30.9 Å². The Morgan fingerprint density at radius 1 is 0.971 bits per heavy atom. The number of ether oxygens (including phenoxy) is 5. The van der Waals surface area contributed by atoms with Crippen LogP contribution in [0.3, 0.4) is 0 Å². The van der Waals surface area contributed by atoms with Crippen molar-refractivity contribution >= 4 is 54.7 Å². The van der Waals surface area contributed by atoms with E-state index < -0.39 is 96.4 Å². The van der Waals surface area contributed by atoms with Gasteiger partial charge in [-0.05, 0) is 0 Å². The van der Waals surface area contributed by atoms with Crippen LogP contribution in [-0.4, -0.2) is 95.5 Å². The molecule has 1 aliphatic rings. The average molecular weight is 555 g/mol. The Hall–Kier alpha value is -1.47. The van der Waals surface area contributed by atoms with Gasteiger partial charge in [0.2, 0.25) is 0 Å². The summed E-state index contributed by atoms with van der Waals surface area (Å²) < 4.78 is 69.3. The fraction of sp³-hybridized carbons (Fsp3) is 0.778. The Bertz CT molecular complexity index is 865. The number of nitrogens with one attached hydrogen (secondary N) is 1. The van der Waals surface area contributed by atoms with Crippen LogP contribution in [0.1, 0.15) is 33.1 Å². The van der Waals surface area contributed by atoms with E-state index in [4.69, 9.17) is 52.4 Å². The molecule has 0 saturated carbocycles. The van der Waals surface area contributed by atoms with Crippen LogP contribution < -0.4 is 5.09 Å². The summed E-state index contributed by atoms with van der Waals surface area (Å²) in [6, 6.07) is 0. The van der Waals surface area contributed by atoms with Gasteiger partial charge in [0.1, 0.15) is 12.7 Å². The first kappa shape index (κ1) is 24.2. The topological polar surface area (TPSA) is 167 Å². The average Bonchev–Trinajstić information content (AvgIpc) is 2.90. The van der Waals surface area contributed by atoms with Gasteiger partial charge >= 0.3 is 31.5 Å². The number of alkyl halides is 2. The highest BCUT2D eigenvalue weighted by molar-refractivity contribution is 7.53. The molecule has 0 aromatic carbocycles. The first-order chi connectivity index (χ1) is 18.0. The molecule has 1 fully saturated rings. The number of hydrogen-bond donors (Lipinski definition) is 2. The smallest absolute Gasteiger partial charge is 0.343 e. The molecule has 1 aliphatic heterocycles. The van der Waals surface area contributed by atoms with E-state index in [-0.39, 0.29) is 24.8 Å². The Balaban J connectivity index is 3.71. The van der Waals surface area contributed by atoms with Crippen LogP contribution in [0.4, 0.5) is 0 Å². The third-order valence-electron chi connectivity index (χ3n) is 4.19. The molecule has 34 heavy (non-hydrogen) atoms. The number of esters is 4. The molecule has 1 rings (SSSR count). The number of carbonyl (C=O) groups excluding carboxylic acids is 4. The van der Waals surface area contributed by atoms with Gasteiger partial charge in [0.25, 0.3) is 0 Å². The Kier molecular flexibility index (Phi) is 10.1. The van der Waals surface area contributed by atoms with Gasteiger partial charge in [0.15, 0.2) is 24.5 Å². The number of carbonyl (C=O) groups is 4. The number of rotatable bonds is 12. The van der Waals surface area contributed by atoms with Gasteiger partial charge < -0.3 is 28.6 Å². The molecule has 6 atom stereocenters. The lowest BCUT2D eigenvalue weighted by atomic mass is 9.97. The van der Waals surface area contributed by atoms with Crippen molar-refractivity contribution in [3.63, 3.8) is 0 Å². The van der Waals surface area contributed by atoms with Crippen LogP contribution in [0, 0.1) is 0 Å². The van der Waals surface area contributed by atoms with Crippen molar-refractivity contribution in [2.24, 2.45) is 0 Å². The molecule has 0 aromatic rings. The van der Waals surface area contributed by atoms with E-state index in [1.807, 2.05) is 0 Å². The van der Waals surface area contributed by atoms with Gasteiger partial charge in [0.05, 0.1) is 0 Å². The monoisotopic (exact) mass is 554 g/mol. The maximum atomic E-state index is 13.2. The zero-order chi connectivity index (χ0) is 28.9. The molecule has 0 spiro atoms. The van der Waals surface area contributed by atoms with Gasteiger partial charge in [-0.1, -0.05) is 0 Å². The quantitative estimate of drug-likeness (QED) is 0.148. The predicted octanol–water partition coefficient (Wildman–Crippen LogP) is 0.539. The molecule has 0 aromatic heterocycles. The lowest BCUT2D eigenvalue weighted by Gasteiger charge is -2.48. The Morgan fingerprint density at radius 3 is 2.06 bits per heavy atom. The summed E-state index contributed by atoms with van der Waals surface area (Å²) in [6.45, 7) is -4.83. The highest BCUT2D eigenvalue weighted by atomic mass is 35.5. The molecule has 2 N–H and O–H groups in total. The van der Waals surface area contributed by atoms with Crippen LogP contribution in [0.2, 0.25) is 0 Å². The van der Waals surface area contributed by atoms with Crippen molar-refractivity contribution in [2.45, 2.75) is 58.2 Å². The largest absolute Gasteiger partial charge is 0.463 e. The molecule has 16 heteroatoms. The summed E-state index contributed by atoms with van der Waals surface area (Å²) in [7, 11) is -4.59. The third kappa shape index (κ3) is 9.29. The zero-order valence-corrected chi connectivity index (χ0v) is 20.3. The molecule has 13 nitrogen and oxygen atoms in total. The molecule has 1 saturated heterocycles. The zero-order valence-electron chi connectivity index (χ0n) is 21.9. The van der Waals surface area contributed by atoms with E-state index in [2.05, 4.69) is 5.09 Å². The maximum absolute atomic E-state index is 13.2. The lowest BCUT2D eigenvalue weighted by molar-refractivity contribution is -0.270. The number of hydrogen-bond acceptors (Lipinski definition) is 10. The number of halogens is 2. The van der Waals surface area contributed by atoms with Crippen LogP contribution in [-0.2, 0) is 47.4 Å². The van der Waals surface area contributed by atoms with Gasteiger partial charge in [0, 0.05) is 57.9 Å². The van der Waals surface area contributed by atoms with Crippen molar-refractivity contribution in [2.75, 3.05) is 31.5 Å². The molecule has 1 heterocycles. The summed E-state index contributed by atoms with van der Waals surface area (Å²) in [5, 5.41) is 2.30. The SMILES string of the molecule is [2H]CC(=O)OC[C@H]1OC(N(CCCl)P(=O)(O)NCCCl)[C@H](OC(=O)C[2H])[C@@H](OC(=O)C[2H])[C@@H]1OC(=O)C[2H]. The molecule has 196 valence electrons. The first-order valence-electron chi connectivity index (χ1n) is 12.4. The first-order valence-corrected chi connectivity index (χ1v) is 12.2. The molecule has 0 amide bonds. The van der Waals surface area contributed by atoms with Gasteiger partial charge in [-0.15, -0.1) is 23.2 Å². The molecule has 2 unspecified atom stereocenters. The summed E-state index contributed by atoms with van der Waals surface area (Å²) in [5.74, 6) is -4.89. The van der Waals surface area contributed by atoms with E-state index in [0.29, 0.717) is 0 Å². The maximum Gasteiger partial charge on any atom is 0.343 e. The second-order valence-electron chi connectivity index (χ2n) is 6.60. The summed E-state index contributed by atoms with van der Waals surface area (Å²) >= 11 is 11.5. The fourth-order valence-corrected chi connectivity index (χ4v) is 5.06. The van der Waals surface area contributed by atoms with E-state index in [9.17, 15) is 28.6 Å². The highest BCUT2D eigenvalue weighted by Crippen LogP contribution is 2.45. The lowest BCUT2D eigenvalue weighted by Crippen LogP contribution is -2.66. The summed E-state index contributed by atoms with van der Waals surface area (Å²) in [5.41, 5.74) is 0. The van der Waals surface area contributed by atoms with Gasteiger partial charge in [-0.3, -0.25) is 23.7 Å². The van der Waals surface area contributed by atoms with Crippen molar-refractivity contribution < 1.29 is 57.8 Å². The van der Waals surface area contributed by atoms with Crippen molar-refractivity contribution in [3.05, 3.63) is 0 Å². The minimum atomic E-state index is -4.59. The van der Waals surface area contributed by atoms with E-state index >= 15 is 0 Å². The Labute approximate surface area is 212 Å². The molecule has 0 bridgehead atoms. The number of nitrogens with zero attached hydrogens (tertiary/aromatic N) is 1. The fourth-order valence-electron chi connectivity index (χ4n) is 3.08. The van der Waals surface area contributed by atoms with E-state index in [1.54, 1.807) is 0 Å². The second-order valence-corrected chi connectivity index (χ2v) is 9.28. The minimum Gasteiger partial charge on any atom is -0.463 e. The normalized spacial score (nSPS) is 27.8. The molecule has 0 radical (unpaired) electrons. The highest BCUT2D eigenvalue weighted by Gasteiger charge is 2.56. The predicted molar refractivity (Wildman–Crippen MR) is 118 cm³/mol. The van der Waals surface area contributed by atoms with Gasteiger partial charge in [-0.25, -0.2) is 5.09 Å². The van der Waals surface area contributed by atoms with Crippen molar-refractivity contribution in [1.29, 1.82) is 0 Å². The standard InChI is InChI=1S/C18H29Cl2N2O11P/c1-10(23)29-9-14-15(30-11(2)24)16(31-12(3)25)17(32-13(4)26)18(33-14)22(8-6-20)34(27,28)21-7-5-19/h14-18H,5-9H2,1-4H3,(H2,21,27,28)/t14-,15-,16+,17-,18?/m1/s1/i1D,2D,3D,4D. The molecule has 0 aliphatic carbocycles. The third-order valence-corrected chi connectivity index (χ3v) is 6.31. The second kappa shape index (κ2) is 14.2. The van der Waals surface area contributed by atoms with E-state index in [1.165, 1.54) is 0 Å².